The van der Waals surface area contributed by atoms with Crippen molar-refractivity contribution in [2.24, 2.45) is 17.3 Å². The largest absolute Gasteiger partial charge is 0.355 e. The van der Waals surface area contributed by atoms with Crippen molar-refractivity contribution in [2.75, 3.05) is 20.1 Å². The molecule has 0 unspecified atom stereocenters. The second kappa shape index (κ2) is 6.46. The van der Waals surface area contributed by atoms with Crippen LogP contribution in [0.5, 0.6) is 0 Å². The van der Waals surface area contributed by atoms with E-state index in [0.29, 0.717) is 17.4 Å². The average Bonchev–Trinajstić information content (AvgIpc) is 2.69. The zero-order chi connectivity index (χ0) is 14.8. The van der Waals surface area contributed by atoms with E-state index < -0.39 is 0 Å². The normalized spacial score (nSPS) is 34.1. The molecule has 0 aromatic heterocycles. The van der Waals surface area contributed by atoms with E-state index in [0.717, 1.165) is 18.9 Å². The van der Waals surface area contributed by atoms with Gasteiger partial charge in [0, 0.05) is 19.0 Å². The Bertz CT molecular complexity index is 340. The van der Waals surface area contributed by atoms with Gasteiger partial charge in [-0.1, -0.05) is 20.8 Å². The van der Waals surface area contributed by atoms with Crippen molar-refractivity contribution in [1.82, 2.24) is 10.2 Å². The Kier molecular flexibility index (Phi) is 5.11. The molecule has 2 fully saturated rings. The summed E-state index contributed by atoms with van der Waals surface area (Å²) in [5.74, 6) is 1.60. The third-order valence-electron chi connectivity index (χ3n) is 5.16. The zero-order valence-electron chi connectivity index (χ0n) is 13.7. The fraction of sp³-hybridized carbons (Fsp3) is 0.941. The van der Waals surface area contributed by atoms with Gasteiger partial charge in [0.05, 0.1) is 0 Å². The Hall–Kier alpha value is -0.570. The lowest BCUT2D eigenvalue weighted by Crippen LogP contribution is -2.39. The van der Waals surface area contributed by atoms with Gasteiger partial charge >= 0.3 is 0 Å². The summed E-state index contributed by atoms with van der Waals surface area (Å²) in [7, 11) is 2.16. The Morgan fingerprint density at radius 1 is 1.35 bits per heavy atom. The molecule has 3 nitrogen and oxygen atoms in total. The molecule has 1 heterocycles. The predicted octanol–water partition coefficient (Wildman–Crippen LogP) is 3.05. The second-order valence-electron chi connectivity index (χ2n) is 8.06. The SMILES string of the molecule is C[C@@H]1C[C@H](CC(=O)NC[C@@H]2CCCN2C)CC(C)(C)C1. The molecule has 0 aromatic carbocycles. The molecule has 116 valence electrons. The molecule has 3 atom stereocenters. The standard InChI is InChI=1S/C17H32N2O/c1-13-8-14(11-17(2,3)10-13)9-16(20)18-12-15-6-5-7-19(15)4/h13-15H,5-12H2,1-4H3,(H,18,20)/t13-,14-,15+/m1/s1. The Morgan fingerprint density at radius 2 is 2.10 bits per heavy atom. The summed E-state index contributed by atoms with van der Waals surface area (Å²) in [5.41, 5.74) is 0.411. The predicted molar refractivity (Wildman–Crippen MR) is 83.6 cm³/mol. The van der Waals surface area contributed by atoms with Crippen molar-refractivity contribution in [1.29, 1.82) is 0 Å². The van der Waals surface area contributed by atoms with Crippen LogP contribution in [0.4, 0.5) is 0 Å². The van der Waals surface area contributed by atoms with E-state index in [1.165, 1.54) is 38.6 Å². The average molecular weight is 280 g/mol. The van der Waals surface area contributed by atoms with Gasteiger partial charge in [-0.25, -0.2) is 0 Å². The molecule has 0 spiro atoms. The van der Waals surface area contributed by atoms with Gasteiger partial charge in [-0.15, -0.1) is 0 Å². The first-order valence-corrected chi connectivity index (χ1v) is 8.33. The number of hydrogen-bond acceptors (Lipinski definition) is 2. The van der Waals surface area contributed by atoms with Gasteiger partial charge < -0.3 is 10.2 Å². The minimum Gasteiger partial charge on any atom is -0.355 e. The number of rotatable bonds is 4. The van der Waals surface area contributed by atoms with Crippen LogP contribution in [0.1, 0.15) is 59.3 Å². The summed E-state index contributed by atoms with van der Waals surface area (Å²) in [6, 6.07) is 0.556. The maximum Gasteiger partial charge on any atom is 0.220 e. The number of amides is 1. The highest BCUT2D eigenvalue weighted by molar-refractivity contribution is 5.76. The molecular formula is C17H32N2O. The lowest BCUT2D eigenvalue weighted by atomic mass is 9.67. The molecule has 1 saturated carbocycles. The van der Waals surface area contributed by atoms with Gasteiger partial charge in [-0.2, -0.15) is 0 Å². The molecule has 2 aliphatic rings. The van der Waals surface area contributed by atoms with Gasteiger partial charge in [0.2, 0.25) is 5.91 Å². The first-order chi connectivity index (χ1) is 9.35. The van der Waals surface area contributed by atoms with E-state index in [1.54, 1.807) is 0 Å². The van der Waals surface area contributed by atoms with E-state index in [-0.39, 0.29) is 5.91 Å². The number of nitrogens with one attached hydrogen (secondary N) is 1. The van der Waals surface area contributed by atoms with E-state index in [2.05, 4.69) is 38.0 Å². The number of nitrogens with zero attached hydrogens (tertiary/aromatic N) is 1. The molecule has 1 aliphatic heterocycles. The number of hydrogen-bond donors (Lipinski definition) is 1. The van der Waals surface area contributed by atoms with Crippen molar-refractivity contribution in [2.45, 2.75) is 65.3 Å². The van der Waals surface area contributed by atoms with Crippen molar-refractivity contribution >= 4 is 5.91 Å². The van der Waals surface area contributed by atoms with Crippen LogP contribution in [-0.2, 0) is 4.79 Å². The summed E-state index contributed by atoms with van der Waals surface area (Å²) in [6.45, 7) is 9.04. The second-order valence-corrected chi connectivity index (χ2v) is 8.06. The number of likely N-dealkylation sites (tertiary alicyclic amines) is 1. The van der Waals surface area contributed by atoms with Crippen LogP contribution in [-0.4, -0.2) is 37.0 Å². The molecule has 1 N–H and O–H groups in total. The highest BCUT2D eigenvalue weighted by Crippen LogP contribution is 2.42. The van der Waals surface area contributed by atoms with Crippen LogP contribution >= 0.6 is 0 Å². The Labute approximate surface area is 124 Å². The highest BCUT2D eigenvalue weighted by atomic mass is 16.1. The van der Waals surface area contributed by atoms with Gasteiger partial charge in [-0.05, 0) is 62.9 Å². The van der Waals surface area contributed by atoms with Gasteiger partial charge in [0.15, 0.2) is 0 Å². The lowest BCUT2D eigenvalue weighted by molar-refractivity contribution is -0.122. The molecule has 0 bridgehead atoms. The van der Waals surface area contributed by atoms with Gasteiger partial charge in [-0.3, -0.25) is 4.79 Å². The maximum atomic E-state index is 12.2. The summed E-state index contributed by atoms with van der Waals surface area (Å²) < 4.78 is 0. The third-order valence-corrected chi connectivity index (χ3v) is 5.16. The summed E-state index contributed by atoms with van der Waals surface area (Å²) >= 11 is 0. The van der Waals surface area contributed by atoms with Crippen molar-refractivity contribution in [3.05, 3.63) is 0 Å². The van der Waals surface area contributed by atoms with Crippen LogP contribution < -0.4 is 5.32 Å². The molecule has 3 heteroatoms. The fourth-order valence-electron chi connectivity index (χ4n) is 4.50. The van der Waals surface area contributed by atoms with Crippen molar-refractivity contribution in [3.63, 3.8) is 0 Å². The molecule has 0 aromatic rings. The van der Waals surface area contributed by atoms with Crippen LogP contribution in [0.3, 0.4) is 0 Å². The van der Waals surface area contributed by atoms with Crippen LogP contribution in [0.15, 0.2) is 0 Å². The van der Waals surface area contributed by atoms with Crippen molar-refractivity contribution in [3.8, 4) is 0 Å². The topological polar surface area (TPSA) is 32.3 Å². The highest BCUT2D eigenvalue weighted by Gasteiger charge is 2.33. The quantitative estimate of drug-likeness (QED) is 0.858. The third kappa shape index (κ3) is 4.47. The van der Waals surface area contributed by atoms with Crippen molar-refractivity contribution < 1.29 is 4.79 Å². The molecule has 1 amide bonds. The van der Waals surface area contributed by atoms with Crippen LogP contribution in [0.2, 0.25) is 0 Å². The molecule has 1 saturated heterocycles. The summed E-state index contributed by atoms with van der Waals surface area (Å²) in [4.78, 5) is 14.5. The molecular weight excluding hydrogens is 248 g/mol. The Balaban J connectivity index is 1.73. The zero-order valence-corrected chi connectivity index (χ0v) is 13.7. The lowest BCUT2D eigenvalue weighted by Gasteiger charge is -2.38. The van der Waals surface area contributed by atoms with Gasteiger partial charge in [0.1, 0.15) is 0 Å². The summed E-state index contributed by atoms with van der Waals surface area (Å²) in [5, 5.41) is 3.16. The summed E-state index contributed by atoms with van der Waals surface area (Å²) in [6.07, 6.45) is 6.95. The van der Waals surface area contributed by atoms with E-state index in [4.69, 9.17) is 0 Å². The fourth-order valence-corrected chi connectivity index (χ4v) is 4.50. The van der Waals surface area contributed by atoms with E-state index >= 15 is 0 Å². The first-order valence-electron chi connectivity index (χ1n) is 8.33. The molecule has 20 heavy (non-hydrogen) atoms. The van der Waals surface area contributed by atoms with Crippen LogP contribution in [0, 0.1) is 17.3 Å². The molecule has 2 rings (SSSR count). The first kappa shape index (κ1) is 15.8. The number of likely N-dealkylation sites (N-methyl/N-ethyl adjacent to an activating group) is 1. The van der Waals surface area contributed by atoms with Crippen LogP contribution in [0.25, 0.3) is 0 Å². The van der Waals surface area contributed by atoms with E-state index in [1.807, 2.05) is 0 Å². The minimum absolute atomic E-state index is 0.264. The monoisotopic (exact) mass is 280 g/mol. The number of carbonyl (C=O) groups is 1. The van der Waals surface area contributed by atoms with Gasteiger partial charge in [0.25, 0.3) is 0 Å². The smallest absolute Gasteiger partial charge is 0.220 e. The number of carbonyl (C=O) groups excluding carboxylic acids is 1. The molecule has 0 radical (unpaired) electrons. The molecule has 1 aliphatic carbocycles. The minimum atomic E-state index is 0.264. The Morgan fingerprint density at radius 3 is 2.70 bits per heavy atom. The van der Waals surface area contributed by atoms with E-state index in [9.17, 15) is 4.79 Å². The maximum absolute atomic E-state index is 12.2.